The van der Waals surface area contributed by atoms with Crippen LogP contribution in [0.3, 0.4) is 0 Å². The number of hydrogen-bond donors (Lipinski definition) is 1. The van der Waals surface area contributed by atoms with Crippen molar-refractivity contribution >= 4 is 17.0 Å². The summed E-state index contributed by atoms with van der Waals surface area (Å²) in [6.45, 7) is 9.87. The van der Waals surface area contributed by atoms with Crippen LogP contribution >= 0.6 is 0 Å². The molecule has 0 saturated carbocycles. The van der Waals surface area contributed by atoms with E-state index in [9.17, 15) is 9.90 Å². The van der Waals surface area contributed by atoms with E-state index in [-0.39, 0.29) is 16.9 Å². The molecule has 0 radical (unpaired) electrons. The molecule has 158 valence electrons. The molecule has 0 aliphatic rings. The molecule has 0 aliphatic heterocycles. The van der Waals surface area contributed by atoms with Crippen molar-refractivity contribution in [1.82, 2.24) is 9.47 Å². The molecular formula is C25H31N3O2. The molecule has 30 heavy (non-hydrogen) atoms. The fourth-order valence-electron chi connectivity index (χ4n) is 3.88. The Morgan fingerprint density at radius 2 is 1.73 bits per heavy atom. The topological polar surface area (TPSA) is 57.8 Å². The first-order valence-corrected chi connectivity index (χ1v) is 10.2. The highest BCUT2D eigenvalue weighted by Gasteiger charge is 2.19. The van der Waals surface area contributed by atoms with E-state index in [1.165, 1.54) is 4.57 Å². The number of aromatic hydroxyl groups is 1. The second-order valence-electron chi connectivity index (χ2n) is 9.06. The quantitative estimate of drug-likeness (QED) is 0.622. The lowest BCUT2D eigenvalue weighted by atomic mass is 9.93. The summed E-state index contributed by atoms with van der Waals surface area (Å²) in [6, 6.07) is 13.1. The number of hydrogen-bond acceptors (Lipinski definition) is 4. The molecule has 5 heteroatoms. The van der Waals surface area contributed by atoms with Gasteiger partial charge in [-0.3, -0.25) is 9.79 Å². The molecule has 0 bridgehead atoms. The van der Waals surface area contributed by atoms with Crippen molar-refractivity contribution in [2.75, 3.05) is 27.2 Å². The van der Waals surface area contributed by atoms with Crippen molar-refractivity contribution in [2.24, 2.45) is 10.4 Å². The molecule has 0 spiro atoms. The lowest BCUT2D eigenvalue weighted by Gasteiger charge is -2.26. The Kier molecular flexibility index (Phi) is 6.13. The van der Waals surface area contributed by atoms with Gasteiger partial charge in [-0.2, -0.15) is 0 Å². The Balaban J connectivity index is 2.15. The monoisotopic (exact) mass is 405 g/mol. The fourth-order valence-corrected chi connectivity index (χ4v) is 3.88. The Morgan fingerprint density at radius 3 is 2.37 bits per heavy atom. The standard InChI is InChI=1S/C25H31N3O2/c1-17-11-12-19(13-18(17)2)28-23(29)21-10-8-7-9-20(21)22(24(28)30)14-26-15-25(3,4)16-27(5)6/h7-14,30H,15-16H2,1-6H3. The summed E-state index contributed by atoms with van der Waals surface area (Å²) < 4.78 is 1.38. The van der Waals surface area contributed by atoms with Gasteiger partial charge in [-0.1, -0.05) is 38.1 Å². The zero-order chi connectivity index (χ0) is 22.1. The van der Waals surface area contributed by atoms with Gasteiger partial charge in [-0.25, -0.2) is 4.57 Å². The molecule has 2 aromatic carbocycles. The van der Waals surface area contributed by atoms with E-state index in [1.54, 1.807) is 12.3 Å². The van der Waals surface area contributed by atoms with Crippen molar-refractivity contribution in [1.29, 1.82) is 0 Å². The van der Waals surface area contributed by atoms with Crippen LogP contribution in [-0.2, 0) is 0 Å². The average Bonchev–Trinajstić information content (AvgIpc) is 2.66. The van der Waals surface area contributed by atoms with Crippen LogP contribution in [0.15, 0.2) is 52.3 Å². The summed E-state index contributed by atoms with van der Waals surface area (Å²) in [4.78, 5) is 20.0. The second-order valence-corrected chi connectivity index (χ2v) is 9.06. The summed E-state index contributed by atoms with van der Waals surface area (Å²) in [5, 5.41) is 12.4. The molecule has 0 atom stereocenters. The summed E-state index contributed by atoms with van der Waals surface area (Å²) >= 11 is 0. The SMILES string of the molecule is Cc1ccc(-n2c(O)c(C=NCC(C)(C)CN(C)C)c3ccccc3c2=O)cc1C. The number of pyridine rings is 1. The number of fused-ring (bicyclic) bond motifs is 1. The molecule has 3 rings (SSSR count). The number of aryl methyl sites for hydroxylation is 2. The van der Waals surface area contributed by atoms with Gasteiger partial charge in [0.05, 0.1) is 11.3 Å². The molecule has 3 aromatic rings. The number of nitrogens with zero attached hydrogens (tertiary/aromatic N) is 3. The van der Waals surface area contributed by atoms with E-state index in [4.69, 9.17) is 0 Å². The second kappa shape index (κ2) is 8.44. The normalized spacial score (nSPS) is 12.4. The van der Waals surface area contributed by atoms with Crippen LogP contribution in [-0.4, -0.2) is 48.0 Å². The molecule has 1 heterocycles. The summed E-state index contributed by atoms with van der Waals surface area (Å²) in [6.07, 6.45) is 1.70. The zero-order valence-corrected chi connectivity index (χ0v) is 18.7. The van der Waals surface area contributed by atoms with E-state index in [1.807, 2.05) is 64.3 Å². The lowest BCUT2D eigenvalue weighted by Crippen LogP contribution is -2.31. The zero-order valence-electron chi connectivity index (χ0n) is 18.7. The predicted molar refractivity (Wildman–Crippen MR) is 125 cm³/mol. The maximum Gasteiger partial charge on any atom is 0.265 e. The molecule has 0 aliphatic carbocycles. The minimum absolute atomic E-state index is 0.00601. The Labute approximate surface area is 178 Å². The first-order valence-electron chi connectivity index (χ1n) is 10.2. The van der Waals surface area contributed by atoms with Gasteiger partial charge < -0.3 is 10.0 Å². The van der Waals surface area contributed by atoms with Gasteiger partial charge >= 0.3 is 0 Å². The van der Waals surface area contributed by atoms with E-state index >= 15 is 0 Å². The molecular weight excluding hydrogens is 374 g/mol. The minimum Gasteiger partial charge on any atom is -0.494 e. The Bertz CT molecular complexity index is 1160. The van der Waals surface area contributed by atoms with Gasteiger partial charge in [-0.15, -0.1) is 0 Å². The first-order chi connectivity index (χ1) is 14.1. The van der Waals surface area contributed by atoms with E-state index < -0.39 is 0 Å². The van der Waals surface area contributed by atoms with Crippen molar-refractivity contribution in [3.05, 3.63) is 69.5 Å². The van der Waals surface area contributed by atoms with Gasteiger partial charge in [0.25, 0.3) is 5.56 Å². The molecule has 5 nitrogen and oxygen atoms in total. The average molecular weight is 406 g/mol. The van der Waals surface area contributed by atoms with Crippen molar-refractivity contribution < 1.29 is 5.11 Å². The summed E-state index contributed by atoms with van der Waals surface area (Å²) in [5.74, 6) is -0.0869. The summed E-state index contributed by atoms with van der Waals surface area (Å²) in [5.41, 5.74) is 3.16. The molecule has 1 aromatic heterocycles. The van der Waals surface area contributed by atoms with E-state index in [0.717, 1.165) is 17.7 Å². The minimum atomic E-state index is -0.239. The van der Waals surface area contributed by atoms with Gasteiger partial charge in [0, 0.05) is 30.1 Å². The highest BCUT2D eigenvalue weighted by Crippen LogP contribution is 2.27. The largest absolute Gasteiger partial charge is 0.494 e. The van der Waals surface area contributed by atoms with Gasteiger partial charge in [0.1, 0.15) is 0 Å². The molecule has 0 saturated heterocycles. The van der Waals surface area contributed by atoms with Crippen LogP contribution in [0.1, 0.15) is 30.5 Å². The van der Waals surface area contributed by atoms with Crippen molar-refractivity contribution in [3.8, 4) is 11.6 Å². The van der Waals surface area contributed by atoms with Crippen LogP contribution in [0.4, 0.5) is 0 Å². The van der Waals surface area contributed by atoms with Gasteiger partial charge in [0.15, 0.2) is 0 Å². The highest BCUT2D eigenvalue weighted by molar-refractivity contribution is 6.01. The van der Waals surface area contributed by atoms with Crippen molar-refractivity contribution in [2.45, 2.75) is 27.7 Å². The van der Waals surface area contributed by atoms with Crippen LogP contribution in [0.25, 0.3) is 16.5 Å². The molecule has 0 amide bonds. The van der Waals surface area contributed by atoms with Crippen LogP contribution in [0, 0.1) is 19.3 Å². The third-order valence-electron chi connectivity index (χ3n) is 5.34. The lowest BCUT2D eigenvalue weighted by molar-refractivity contribution is 0.249. The molecule has 0 fully saturated rings. The smallest absolute Gasteiger partial charge is 0.265 e. The first kappa shape index (κ1) is 21.8. The summed E-state index contributed by atoms with van der Waals surface area (Å²) in [7, 11) is 4.09. The maximum atomic E-state index is 13.2. The van der Waals surface area contributed by atoms with Crippen LogP contribution in [0.5, 0.6) is 5.88 Å². The number of benzene rings is 2. The fraction of sp³-hybridized carbons (Fsp3) is 0.360. The Hall–Kier alpha value is -2.92. The molecule has 0 unspecified atom stereocenters. The van der Waals surface area contributed by atoms with E-state index in [0.29, 0.717) is 28.6 Å². The number of aliphatic imine (C=N–C) groups is 1. The third-order valence-corrected chi connectivity index (χ3v) is 5.34. The van der Waals surface area contributed by atoms with E-state index in [2.05, 4.69) is 23.7 Å². The maximum absolute atomic E-state index is 13.2. The van der Waals surface area contributed by atoms with Gasteiger partial charge in [0.2, 0.25) is 5.88 Å². The third kappa shape index (κ3) is 4.46. The van der Waals surface area contributed by atoms with Crippen molar-refractivity contribution in [3.63, 3.8) is 0 Å². The van der Waals surface area contributed by atoms with Crippen LogP contribution < -0.4 is 5.56 Å². The predicted octanol–water partition coefficient (Wildman–Crippen LogP) is 4.32. The van der Waals surface area contributed by atoms with Crippen LogP contribution in [0.2, 0.25) is 0 Å². The number of aromatic nitrogens is 1. The molecule has 1 N–H and O–H groups in total. The highest BCUT2D eigenvalue weighted by atomic mass is 16.3. The van der Waals surface area contributed by atoms with Gasteiger partial charge in [-0.05, 0) is 62.7 Å². The Morgan fingerprint density at radius 1 is 1.07 bits per heavy atom. The number of rotatable bonds is 6.